The number of morpholine rings is 1. The number of hydrogen-bond acceptors (Lipinski definition) is 5. The Morgan fingerprint density at radius 3 is 3.25 bits per heavy atom. The second kappa shape index (κ2) is 7.21. The molecule has 4 nitrogen and oxygen atoms in total. The number of aromatic nitrogens is 1. The van der Waals surface area contributed by atoms with E-state index in [4.69, 9.17) is 9.47 Å². The molecule has 0 aromatic carbocycles. The van der Waals surface area contributed by atoms with Crippen molar-refractivity contribution in [2.45, 2.75) is 31.4 Å². The first kappa shape index (κ1) is 16.1. The minimum Gasteiger partial charge on any atom is -0.492 e. The molecule has 2 fully saturated rings. The SMILES string of the molecule is c1cncc(OC[C@@H]2CCC[C@@]23CN(Cc2ccsc2)CCO3)c1. The van der Waals surface area contributed by atoms with Crippen LogP contribution in [-0.4, -0.2) is 41.8 Å². The van der Waals surface area contributed by atoms with Gasteiger partial charge in [-0.1, -0.05) is 0 Å². The van der Waals surface area contributed by atoms with Gasteiger partial charge in [-0.15, -0.1) is 0 Å². The lowest BCUT2D eigenvalue weighted by Crippen LogP contribution is -2.54. The fraction of sp³-hybridized carbons (Fsp3) is 0.526. The van der Waals surface area contributed by atoms with Gasteiger partial charge in [-0.3, -0.25) is 9.88 Å². The topological polar surface area (TPSA) is 34.6 Å². The number of pyridine rings is 1. The molecule has 0 radical (unpaired) electrons. The van der Waals surface area contributed by atoms with Crippen molar-refractivity contribution in [1.82, 2.24) is 9.88 Å². The van der Waals surface area contributed by atoms with Crippen LogP contribution in [0.5, 0.6) is 5.75 Å². The standard InChI is InChI=1S/C19H24N2O2S/c1-3-17(13-22-18-4-2-7-20-11-18)19(6-1)15-21(8-9-23-19)12-16-5-10-24-14-16/h2,4-5,7,10-11,14,17H,1,3,6,8-9,12-13,15H2/t17-,19+/m0/s1. The molecule has 1 saturated heterocycles. The molecule has 0 N–H and O–H groups in total. The number of hydrogen-bond donors (Lipinski definition) is 0. The molecule has 0 unspecified atom stereocenters. The summed E-state index contributed by atoms with van der Waals surface area (Å²) in [5.74, 6) is 1.31. The van der Waals surface area contributed by atoms with Crippen molar-refractivity contribution in [3.05, 3.63) is 46.9 Å². The molecule has 1 aliphatic heterocycles. The predicted octanol–water partition coefficient (Wildman–Crippen LogP) is 3.59. The fourth-order valence-corrected chi connectivity index (χ4v) is 4.69. The fourth-order valence-electron chi connectivity index (χ4n) is 4.03. The average molecular weight is 344 g/mol. The van der Waals surface area contributed by atoms with E-state index in [-0.39, 0.29) is 5.60 Å². The molecule has 128 valence electrons. The first-order chi connectivity index (χ1) is 11.8. The summed E-state index contributed by atoms with van der Waals surface area (Å²) in [6.45, 7) is 4.62. The van der Waals surface area contributed by atoms with E-state index >= 15 is 0 Å². The van der Waals surface area contributed by atoms with E-state index in [1.54, 1.807) is 23.7 Å². The third-order valence-corrected chi connectivity index (χ3v) is 5.99. The highest BCUT2D eigenvalue weighted by molar-refractivity contribution is 7.07. The second-order valence-electron chi connectivity index (χ2n) is 6.84. The lowest BCUT2D eigenvalue weighted by molar-refractivity contribution is -0.137. The summed E-state index contributed by atoms with van der Waals surface area (Å²) >= 11 is 1.77. The third-order valence-electron chi connectivity index (χ3n) is 5.26. The molecule has 2 atom stereocenters. The Morgan fingerprint density at radius 1 is 1.42 bits per heavy atom. The molecule has 0 amide bonds. The largest absolute Gasteiger partial charge is 0.492 e. The molecule has 1 aliphatic carbocycles. The molecule has 5 heteroatoms. The van der Waals surface area contributed by atoms with Gasteiger partial charge in [0.1, 0.15) is 5.75 Å². The summed E-state index contributed by atoms with van der Waals surface area (Å²) in [5, 5.41) is 4.41. The van der Waals surface area contributed by atoms with E-state index in [1.807, 2.05) is 12.1 Å². The molecule has 24 heavy (non-hydrogen) atoms. The summed E-state index contributed by atoms with van der Waals surface area (Å²) in [6.07, 6.45) is 7.12. The van der Waals surface area contributed by atoms with Gasteiger partial charge in [0.15, 0.2) is 0 Å². The van der Waals surface area contributed by atoms with Crippen LogP contribution >= 0.6 is 11.3 Å². The van der Waals surface area contributed by atoms with E-state index in [0.717, 1.165) is 45.0 Å². The zero-order valence-corrected chi connectivity index (χ0v) is 14.7. The average Bonchev–Trinajstić information content (AvgIpc) is 3.25. The van der Waals surface area contributed by atoms with Gasteiger partial charge in [-0.05, 0) is 53.8 Å². The van der Waals surface area contributed by atoms with E-state index < -0.39 is 0 Å². The third kappa shape index (κ3) is 3.48. The van der Waals surface area contributed by atoms with Gasteiger partial charge >= 0.3 is 0 Å². The Bertz CT molecular complexity index is 634. The van der Waals surface area contributed by atoms with Crippen LogP contribution < -0.4 is 4.74 Å². The van der Waals surface area contributed by atoms with Crippen molar-refractivity contribution in [1.29, 1.82) is 0 Å². The highest BCUT2D eigenvalue weighted by Crippen LogP contribution is 2.41. The number of ether oxygens (including phenoxy) is 2. The maximum atomic E-state index is 6.34. The molecule has 1 spiro atoms. The van der Waals surface area contributed by atoms with Crippen molar-refractivity contribution in [3.8, 4) is 5.75 Å². The van der Waals surface area contributed by atoms with Crippen LogP contribution in [-0.2, 0) is 11.3 Å². The summed E-state index contributed by atoms with van der Waals surface area (Å²) in [7, 11) is 0. The van der Waals surface area contributed by atoms with Gasteiger partial charge in [0, 0.05) is 31.7 Å². The summed E-state index contributed by atoms with van der Waals surface area (Å²) in [4.78, 5) is 6.67. The van der Waals surface area contributed by atoms with Crippen molar-refractivity contribution >= 4 is 11.3 Å². The first-order valence-corrected chi connectivity index (χ1v) is 9.69. The number of nitrogens with zero attached hydrogens (tertiary/aromatic N) is 2. The molecule has 3 heterocycles. The van der Waals surface area contributed by atoms with Crippen LogP contribution in [0.25, 0.3) is 0 Å². The Kier molecular flexibility index (Phi) is 4.83. The molecule has 0 bridgehead atoms. The monoisotopic (exact) mass is 344 g/mol. The van der Waals surface area contributed by atoms with Crippen molar-refractivity contribution in [3.63, 3.8) is 0 Å². The zero-order valence-electron chi connectivity index (χ0n) is 13.9. The van der Waals surface area contributed by atoms with Crippen molar-refractivity contribution in [2.75, 3.05) is 26.3 Å². The molecule has 2 aromatic rings. The summed E-state index contributed by atoms with van der Waals surface area (Å²) in [6, 6.07) is 6.11. The van der Waals surface area contributed by atoms with Crippen molar-refractivity contribution in [2.24, 2.45) is 5.92 Å². The Labute approximate surface area is 147 Å². The first-order valence-electron chi connectivity index (χ1n) is 8.74. The van der Waals surface area contributed by atoms with Gasteiger partial charge in [-0.25, -0.2) is 0 Å². The smallest absolute Gasteiger partial charge is 0.137 e. The van der Waals surface area contributed by atoms with Crippen LogP contribution in [0.2, 0.25) is 0 Å². The van der Waals surface area contributed by atoms with Gasteiger partial charge in [0.2, 0.25) is 0 Å². The molecular weight excluding hydrogens is 320 g/mol. The van der Waals surface area contributed by atoms with Gasteiger partial charge < -0.3 is 9.47 Å². The Morgan fingerprint density at radius 2 is 2.42 bits per heavy atom. The van der Waals surface area contributed by atoms with Gasteiger partial charge in [-0.2, -0.15) is 11.3 Å². The number of thiophene rings is 1. The maximum absolute atomic E-state index is 6.34. The van der Waals surface area contributed by atoms with Crippen molar-refractivity contribution < 1.29 is 9.47 Å². The van der Waals surface area contributed by atoms with E-state index in [2.05, 4.69) is 26.7 Å². The number of rotatable bonds is 5. The van der Waals surface area contributed by atoms with Crippen LogP contribution in [0.1, 0.15) is 24.8 Å². The van der Waals surface area contributed by atoms with Crippen LogP contribution in [0.15, 0.2) is 41.4 Å². The zero-order chi connectivity index (χ0) is 16.2. The highest BCUT2D eigenvalue weighted by atomic mass is 32.1. The quantitative estimate of drug-likeness (QED) is 0.830. The van der Waals surface area contributed by atoms with E-state index in [1.165, 1.54) is 18.4 Å². The Hall–Kier alpha value is -1.43. The normalized spacial score (nSPS) is 27.6. The second-order valence-corrected chi connectivity index (χ2v) is 7.62. The summed E-state index contributed by atoms with van der Waals surface area (Å²) < 4.78 is 12.3. The minimum absolute atomic E-state index is 0.0313. The van der Waals surface area contributed by atoms with E-state index in [9.17, 15) is 0 Å². The maximum Gasteiger partial charge on any atom is 0.137 e. The minimum atomic E-state index is -0.0313. The van der Waals surface area contributed by atoms with Crippen LogP contribution in [0, 0.1) is 5.92 Å². The summed E-state index contributed by atoms with van der Waals surface area (Å²) in [5.41, 5.74) is 1.38. The van der Waals surface area contributed by atoms with Crippen LogP contribution in [0.4, 0.5) is 0 Å². The van der Waals surface area contributed by atoms with E-state index in [0.29, 0.717) is 5.92 Å². The lowest BCUT2D eigenvalue weighted by Gasteiger charge is -2.44. The molecule has 1 saturated carbocycles. The highest BCUT2D eigenvalue weighted by Gasteiger charge is 2.47. The molecule has 4 rings (SSSR count). The van der Waals surface area contributed by atoms with Gasteiger partial charge in [0.25, 0.3) is 0 Å². The Balaban J connectivity index is 1.40. The van der Waals surface area contributed by atoms with Crippen LogP contribution in [0.3, 0.4) is 0 Å². The lowest BCUT2D eigenvalue weighted by atomic mass is 9.89. The van der Waals surface area contributed by atoms with Gasteiger partial charge in [0.05, 0.1) is 25.0 Å². The molecule has 2 aromatic heterocycles. The predicted molar refractivity (Wildman–Crippen MR) is 95.4 cm³/mol. The molecule has 2 aliphatic rings. The molecular formula is C19H24N2O2S.